The zero-order chi connectivity index (χ0) is 20.6. The predicted octanol–water partition coefficient (Wildman–Crippen LogP) is 5.36. The largest absolute Gasteiger partial charge is 0.417 e. The third kappa shape index (κ3) is 3.08. The van der Waals surface area contributed by atoms with Gasteiger partial charge in [0.05, 0.1) is 16.3 Å². The maximum atomic E-state index is 13.5. The monoisotopic (exact) mass is 413 g/mol. The van der Waals surface area contributed by atoms with E-state index in [1.54, 1.807) is 6.92 Å². The molecule has 4 nitrogen and oxygen atoms in total. The molecule has 1 saturated carbocycles. The topological polar surface area (TPSA) is 37.6 Å². The summed E-state index contributed by atoms with van der Waals surface area (Å²) >= 11 is 6.06. The van der Waals surface area contributed by atoms with E-state index in [-0.39, 0.29) is 39.1 Å². The van der Waals surface area contributed by atoms with E-state index < -0.39 is 11.7 Å². The number of hydrogen-bond acceptors (Lipinski definition) is 2. The molecule has 2 bridgehead atoms. The lowest BCUT2D eigenvalue weighted by Gasteiger charge is -2.39. The number of alkyl halides is 3. The molecule has 2 atom stereocenters. The van der Waals surface area contributed by atoms with Crippen molar-refractivity contribution in [3.8, 4) is 0 Å². The van der Waals surface area contributed by atoms with Crippen LogP contribution in [0.5, 0.6) is 0 Å². The average Bonchev–Trinajstić information content (AvgIpc) is 2.98. The van der Waals surface area contributed by atoms with Crippen LogP contribution in [0.2, 0.25) is 5.02 Å². The predicted molar refractivity (Wildman–Crippen MR) is 101 cm³/mol. The number of imidazole rings is 1. The number of carbonyl (C=O) groups excluding carboxylic acids is 1. The fraction of sp³-hybridized carbons (Fsp3) is 0.600. The maximum absolute atomic E-state index is 13.5. The Labute approximate surface area is 166 Å². The molecule has 8 heteroatoms. The van der Waals surface area contributed by atoms with Gasteiger partial charge in [-0.2, -0.15) is 13.2 Å². The van der Waals surface area contributed by atoms with E-state index in [1.165, 1.54) is 4.40 Å². The standard InChI is InChI=1S/C20H23ClF3N3O/c1-11-15(26-8-12(20(22,23)24)5-14(21)16(26)25-11)17(28)27-10-19(4)7-13(27)6-18(2,3)9-19/h5,8,13H,6-7,9-10H2,1-4H3. The van der Waals surface area contributed by atoms with Crippen LogP contribution in [0.3, 0.4) is 0 Å². The Kier molecular flexibility index (Phi) is 4.10. The molecule has 152 valence electrons. The number of amides is 1. The van der Waals surface area contributed by atoms with E-state index in [4.69, 9.17) is 11.6 Å². The quantitative estimate of drug-likeness (QED) is 0.631. The van der Waals surface area contributed by atoms with Crippen LogP contribution in [0.4, 0.5) is 13.2 Å². The van der Waals surface area contributed by atoms with Gasteiger partial charge < -0.3 is 4.90 Å². The minimum atomic E-state index is -4.56. The summed E-state index contributed by atoms with van der Waals surface area (Å²) in [6.45, 7) is 8.85. The van der Waals surface area contributed by atoms with E-state index in [9.17, 15) is 18.0 Å². The van der Waals surface area contributed by atoms with Crippen molar-refractivity contribution in [1.82, 2.24) is 14.3 Å². The van der Waals surface area contributed by atoms with E-state index in [1.807, 2.05) is 4.90 Å². The van der Waals surface area contributed by atoms with Gasteiger partial charge in [-0.1, -0.05) is 32.4 Å². The minimum absolute atomic E-state index is 0.0330. The van der Waals surface area contributed by atoms with E-state index >= 15 is 0 Å². The van der Waals surface area contributed by atoms with Crippen LogP contribution in [0.15, 0.2) is 12.3 Å². The lowest BCUT2D eigenvalue weighted by molar-refractivity contribution is -0.137. The van der Waals surface area contributed by atoms with Crippen molar-refractivity contribution in [2.75, 3.05) is 6.54 Å². The third-order valence-corrected chi connectivity index (χ3v) is 6.33. The minimum Gasteiger partial charge on any atom is -0.334 e. The molecule has 1 aliphatic carbocycles. The van der Waals surface area contributed by atoms with Crippen molar-refractivity contribution in [2.24, 2.45) is 10.8 Å². The second-order valence-electron chi connectivity index (χ2n) is 9.46. The highest BCUT2D eigenvalue weighted by Crippen LogP contribution is 2.52. The van der Waals surface area contributed by atoms with Gasteiger partial charge in [0, 0.05) is 18.8 Å². The van der Waals surface area contributed by atoms with Crippen LogP contribution in [0.1, 0.15) is 61.8 Å². The molecule has 0 radical (unpaired) electrons. The first-order chi connectivity index (χ1) is 12.8. The van der Waals surface area contributed by atoms with Gasteiger partial charge in [0.2, 0.25) is 0 Å². The Hall–Kier alpha value is -1.76. The Morgan fingerprint density at radius 1 is 1.29 bits per heavy atom. The van der Waals surface area contributed by atoms with Gasteiger partial charge in [-0.05, 0) is 43.1 Å². The van der Waals surface area contributed by atoms with E-state index in [2.05, 4.69) is 25.8 Å². The molecule has 2 unspecified atom stereocenters. The van der Waals surface area contributed by atoms with Crippen LogP contribution in [-0.4, -0.2) is 32.8 Å². The molecule has 2 aromatic heterocycles. The number of hydrogen-bond donors (Lipinski definition) is 0. The second kappa shape index (κ2) is 5.88. The zero-order valence-corrected chi connectivity index (χ0v) is 17.1. The first-order valence-corrected chi connectivity index (χ1v) is 9.74. The van der Waals surface area contributed by atoms with Gasteiger partial charge in [-0.15, -0.1) is 0 Å². The fourth-order valence-electron chi connectivity index (χ4n) is 5.46. The number of rotatable bonds is 1. The summed E-state index contributed by atoms with van der Waals surface area (Å²) in [5, 5.41) is -0.120. The van der Waals surface area contributed by atoms with Crippen LogP contribution in [0.25, 0.3) is 5.65 Å². The number of pyridine rings is 1. The Morgan fingerprint density at radius 2 is 1.96 bits per heavy atom. The molecule has 0 aromatic carbocycles. The van der Waals surface area contributed by atoms with Gasteiger partial charge in [0.15, 0.2) is 5.65 Å². The normalized spacial score (nSPS) is 26.9. The Bertz CT molecular complexity index is 981. The highest BCUT2D eigenvalue weighted by atomic mass is 35.5. The summed E-state index contributed by atoms with van der Waals surface area (Å²) in [5.41, 5.74) is -0.0119. The summed E-state index contributed by atoms with van der Waals surface area (Å²) < 4.78 is 41.0. The van der Waals surface area contributed by atoms with Crippen LogP contribution >= 0.6 is 11.6 Å². The molecule has 2 fully saturated rings. The highest BCUT2D eigenvalue weighted by Gasteiger charge is 2.51. The van der Waals surface area contributed by atoms with Crippen molar-refractivity contribution in [3.05, 3.63) is 34.2 Å². The number of carbonyl (C=O) groups is 1. The molecule has 2 aliphatic rings. The van der Waals surface area contributed by atoms with Gasteiger partial charge in [-0.3, -0.25) is 9.20 Å². The molecule has 0 N–H and O–H groups in total. The molecule has 4 rings (SSSR count). The summed E-state index contributed by atoms with van der Waals surface area (Å²) in [5.74, 6) is -0.271. The number of fused-ring (bicyclic) bond motifs is 3. The molecule has 0 spiro atoms. The summed E-state index contributed by atoms with van der Waals surface area (Å²) in [4.78, 5) is 19.6. The molecule has 1 saturated heterocycles. The van der Waals surface area contributed by atoms with Gasteiger partial charge in [-0.25, -0.2) is 4.98 Å². The SMILES string of the molecule is Cc1nc2c(Cl)cc(C(F)(F)F)cn2c1C(=O)N1CC2(C)CC1CC(C)(C)C2. The summed E-state index contributed by atoms with van der Waals surface area (Å²) in [6.07, 6.45) is -0.804. The lowest BCUT2D eigenvalue weighted by atomic mass is 9.65. The summed E-state index contributed by atoms with van der Waals surface area (Å²) in [6, 6.07) is 0.941. The van der Waals surface area contributed by atoms with E-state index in [0.717, 1.165) is 31.5 Å². The smallest absolute Gasteiger partial charge is 0.334 e. The van der Waals surface area contributed by atoms with Crippen molar-refractivity contribution in [1.29, 1.82) is 0 Å². The second-order valence-corrected chi connectivity index (χ2v) is 9.87. The van der Waals surface area contributed by atoms with Crippen molar-refractivity contribution >= 4 is 23.2 Å². The molecular formula is C20H23ClF3N3O. The molecular weight excluding hydrogens is 391 g/mol. The number of likely N-dealkylation sites (tertiary alicyclic amines) is 1. The molecule has 28 heavy (non-hydrogen) atoms. The first kappa shape index (κ1) is 19.6. The molecule has 3 heterocycles. The zero-order valence-electron chi connectivity index (χ0n) is 16.3. The molecule has 2 aromatic rings. The third-order valence-electron chi connectivity index (χ3n) is 6.05. The maximum Gasteiger partial charge on any atom is 0.417 e. The number of aromatic nitrogens is 2. The summed E-state index contributed by atoms with van der Waals surface area (Å²) in [7, 11) is 0. The van der Waals surface area contributed by atoms with Crippen LogP contribution < -0.4 is 0 Å². The number of nitrogens with zero attached hydrogens (tertiary/aromatic N) is 3. The van der Waals surface area contributed by atoms with Crippen LogP contribution in [-0.2, 0) is 6.18 Å². The van der Waals surface area contributed by atoms with Crippen molar-refractivity contribution in [2.45, 2.75) is 59.2 Å². The Morgan fingerprint density at radius 3 is 2.61 bits per heavy atom. The van der Waals surface area contributed by atoms with Crippen LogP contribution in [0, 0.1) is 17.8 Å². The van der Waals surface area contributed by atoms with E-state index in [0.29, 0.717) is 12.2 Å². The number of aryl methyl sites for hydroxylation is 1. The van der Waals surface area contributed by atoms with Crippen molar-refractivity contribution in [3.63, 3.8) is 0 Å². The highest BCUT2D eigenvalue weighted by molar-refractivity contribution is 6.33. The fourth-order valence-corrected chi connectivity index (χ4v) is 5.71. The van der Waals surface area contributed by atoms with Gasteiger partial charge in [0.1, 0.15) is 5.69 Å². The van der Waals surface area contributed by atoms with Crippen molar-refractivity contribution < 1.29 is 18.0 Å². The molecule has 1 aliphatic heterocycles. The number of halogens is 4. The van der Waals surface area contributed by atoms with Gasteiger partial charge in [0.25, 0.3) is 5.91 Å². The lowest BCUT2D eigenvalue weighted by Crippen LogP contribution is -2.38. The van der Waals surface area contributed by atoms with Gasteiger partial charge >= 0.3 is 6.18 Å². The Balaban J connectivity index is 1.80. The molecule has 1 amide bonds. The average molecular weight is 414 g/mol. The first-order valence-electron chi connectivity index (χ1n) is 9.36.